The molecular weight excluding hydrogens is 224 g/mol. The fraction of sp³-hybridized carbons (Fsp3) is 0.727. The van der Waals surface area contributed by atoms with Crippen LogP contribution in [0.3, 0.4) is 0 Å². The van der Waals surface area contributed by atoms with Gasteiger partial charge in [-0.05, 0) is 12.8 Å². The van der Waals surface area contributed by atoms with E-state index in [1.165, 1.54) is 0 Å². The summed E-state index contributed by atoms with van der Waals surface area (Å²) in [7, 11) is 0. The zero-order valence-corrected chi connectivity index (χ0v) is 10.3. The molecule has 0 aliphatic rings. The minimum absolute atomic E-state index is 0.0283. The molecule has 0 unspecified atom stereocenters. The lowest BCUT2D eigenvalue weighted by Gasteiger charge is -2.19. The molecule has 0 fully saturated rings. The Balaban J connectivity index is 4.14. The van der Waals surface area contributed by atoms with E-state index in [-0.39, 0.29) is 18.2 Å². The van der Waals surface area contributed by atoms with Crippen molar-refractivity contribution in [3.05, 3.63) is 0 Å². The predicted octanol–water partition coefficient (Wildman–Crippen LogP) is 0.620. The first-order valence-corrected chi connectivity index (χ1v) is 5.80. The Kier molecular flexibility index (Phi) is 7.75. The number of carbonyl (C=O) groups excluding carboxylic acids is 2. The van der Waals surface area contributed by atoms with Gasteiger partial charge in [-0.1, -0.05) is 13.8 Å². The molecule has 0 aromatic rings. The molecule has 3 N–H and O–H groups in total. The lowest BCUT2D eigenvalue weighted by atomic mass is 10.2. The second kappa shape index (κ2) is 8.55. The molecule has 0 aliphatic carbocycles. The number of aliphatic carboxylic acids is 1. The summed E-state index contributed by atoms with van der Waals surface area (Å²) in [5, 5.41) is 13.8. The van der Waals surface area contributed by atoms with Gasteiger partial charge in [-0.2, -0.15) is 0 Å². The molecule has 0 saturated carbocycles. The Morgan fingerprint density at radius 1 is 1.06 bits per heavy atom. The van der Waals surface area contributed by atoms with Crippen LogP contribution in [-0.4, -0.2) is 29.1 Å². The van der Waals surface area contributed by atoms with Crippen LogP contribution in [0.4, 0.5) is 0 Å². The summed E-state index contributed by atoms with van der Waals surface area (Å²) >= 11 is 0. The van der Waals surface area contributed by atoms with Crippen LogP contribution in [0.15, 0.2) is 0 Å². The molecule has 0 atom stereocenters. The van der Waals surface area contributed by atoms with Crippen LogP contribution >= 0.6 is 0 Å². The fourth-order valence-corrected chi connectivity index (χ4v) is 1.23. The van der Waals surface area contributed by atoms with E-state index in [0.717, 1.165) is 0 Å². The molecule has 0 spiro atoms. The third-order valence-electron chi connectivity index (χ3n) is 2.20. The molecule has 98 valence electrons. The van der Waals surface area contributed by atoms with Crippen molar-refractivity contribution in [1.29, 1.82) is 0 Å². The monoisotopic (exact) mass is 244 g/mol. The lowest BCUT2D eigenvalue weighted by molar-refractivity contribution is -0.137. The molecule has 6 nitrogen and oxygen atoms in total. The first-order valence-electron chi connectivity index (χ1n) is 5.80. The summed E-state index contributed by atoms with van der Waals surface area (Å²) in [6.45, 7) is 3.43. The molecule has 0 bridgehead atoms. The zero-order valence-electron chi connectivity index (χ0n) is 10.3. The first-order chi connectivity index (χ1) is 7.99. The minimum atomic E-state index is -0.882. The van der Waals surface area contributed by atoms with E-state index in [0.29, 0.717) is 25.7 Å². The molecule has 6 heteroatoms. The summed E-state index contributed by atoms with van der Waals surface area (Å²) in [5.74, 6) is -1.21. The predicted molar refractivity (Wildman–Crippen MR) is 62.1 cm³/mol. The van der Waals surface area contributed by atoms with Crippen LogP contribution < -0.4 is 10.6 Å². The summed E-state index contributed by atoms with van der Waals surface area (Å²) in [4.78, 5) is 32.8. The quantitative estimate of drug-likeness (QED) is 0.545. The van der Waals surface area contributed by atoms with Crippen molar-refractivity contribution >= 4 is 17.8 Å². The van der Waals surface area contributed by atoms with Crippen LogP contribution in [0.2, 0.25) is 0 Å². The van der Waals surface area contributed by atoms with Gasteiger partial charge in [0.1, 0.15) is 6.17 Å². The van der Waals surface area contributed by atoms with Gasteiger partial charge in [0.15, 0.2) is 0 Å². The summed E-state index contributed by atoms with van der Waals surface area (Å²) in [5.41, 5.74) is 0. The van der Waals surface area contributed by atoms with Crippen molar-refractivity contribution in [2.75, 3.05) is 0 Å². The van der Waals surface area contributed by atoms with Gasteiger partial charge in [-0.25, -0.2) is 0 Å². The zero-order chi connectivity index (χ0) is 13.3. The van der Waals surface area contributed by atoms with E-state index in [1.54, 1.807) is 13.8 Å². The number of carbonyl (C=O) groups is 3. The summed E-state index contributed by atoms with van der Waals surface area (Å²) in [6.07, 6.45) is 1.04. The van der Waals surface area contributed by atoms with Gasteiger partial charge in [0.05, 0.1) is 0 Å². The minimum Gasteiger partial charge on any atom is -0.481 e. The first kappa shape index (κ1) is 15.4. The Morgan fingerprint density at radius 2 is 1.53 bits per heavy atom. The largest absolute Gasteiger partial charge is 0.481 e. The summed E-state index contributed by atoms with van der Waals surface area (Å²) < 4.78 is 0. The number of hydrogen-bond acceptors (Lipinski definition) is 3. The number of amides is 2. The van der Waals surface area contributed by atoms with Crippen molar-refractivity contribution in [2.45, 2.75) is 52.1 Å². The van der Waals surface area contributed by atoms with Gasteiger partial charge in [0.2, 0.25) is 11.8 Å². The molecule has 0 rings (SSSR count). The maximum atomic E-state index is 11.2. The van der Waals surface area contributed by atoms with E-state index in [4.69, 9.17) is 5.11 Å². The molecule has 0 radical (unpaired) electrons. The van der Waals surface area contributed by atoms with Crippen molar-refractivity contribution in [3.63, 3.8) is 0 Å². The Bertz CT molecular complexity index is 261. The Hall–Kier alpha value is -1.59. The Morgan fingerprint density at radius 3 is 1.88 bits per heavy atom. The van der Waals surface area contributed by atoms with Crippen LogP contribution in [-0.2, 0) is 14.4 Å². The maximum Gasteiger partial charge on any atom is 0.303 e. The molecular formula is C11H20N2O4. The van der Waals surface area contributed by atoms with Gasteiger partial charge >= 0.3 is 5.97 Å². The topological polar surface area (TPSA) is 95.5 Å². The second-order valence-corrected chi connectivity index (χ2v) is 3.68. The maximum absolute atomic E-state index is 11.2. The van der Waals surface area contributed by atoms with E-state index in [2.05, 4.69) is 10.6 Å². The molecule has 17 heavy (non-hydrogen) atoms. The Labute approximate surface area is 101 Å². The van der Waals surface area contributed by atoms with Crippen molar-refractivity contribution < 1.29 is 19.5 Å². The fourth-order valence-electron chi connectivity index (χ4n) is 1.23. The number of hydrogen-bond donors (Lipinski definition) is 3. The van der Waals surface area contributed by atoms with E-state index in [9.17, 15) is 14.4 Å². The van der Waals surface area contributed by atoms with Crippen molar-refractivity contribution in [3.8, 4) is 0 Å². The molecule has 0 aromatic carbocycles. The number of carboxylic acids is 1. The van der Waals surface area contributed by atoms with Crippen LogP contribution in [0.25, 0.3) is 0 Å². The average Bonchev–Trinajstić information content (AvgIpc) is 2.27. The van der Waals surface area contributed by atoms with Crippen molar-refractivity contribution in [2.24, 2.45) is 0 Å². The van der Waals surface area contributed by atoms with Gasteiger partial charge in [0.25, 0.3) is 0 Å². The second-order valence-electron chi connectivity index (χ2n) is 3.68. The number of carboxylic acid groups (broad SMARTS) is 1. The van der Waals surface area contributed by atoms with Gasteiger partial charge < -0.3 is 15.7 Å². The van der Waals surface area contributed by atoms with E-state index < -0.39 is 12.1 Å². The highest BCUT2D eigenvalue weighted by molar-refractivity contribution is 5.78. The molecule has 0 aromatic heterocycles. The molecule has 0 saturated heterocycles. The van der Waals surface area contributed by atoms with Gasteiger partial charge in [-0.15, -0.1) is 0 Å². The highest BCUT2D eigenvalue weighted by Crippen LogP contribution is 2.00. The highest BCUT2D eigenvalue weighted by atomic mass is 16.4. The smallest absolute Gasteiger partial charge is 0.303 e. The standard InChI is InChI=1S/C11H20N2O4/c1-3-9(14)12-8(13-10(15)4-2)6-5-7-11(16)17/h8H,3-7H2,1-2H3,(H,12,14)(H,13,15)(H,16,17). The van der Waals surface area contributed by atoms with Crippen LogP contribution in [0, 0.1) is 0 Å². The van der Waals surface area contributed by atoms with Crippen LogP contribution in [0.5, 0.6) is 0 Å². The van der Waals surface area contributed by atoms with Crippen molar-refractivity contribution in [1.82, 2.24) is 10.6 Å². The summed E-state index contributed by atoms with van der Waals surface area (Å²) in [6, 6.07) is 0. The van der Waals surface area contributed by atoms with Gasteiger partial charge in [-0.3, -0.25) is 14.4 Å². The molecule has 0 heterocycles. The van der Waals surface area contributed by atoms with Gasteiger partial charge in [0, 0.05) is 19.3 Å². The third kappa shape index (κ3) is 8.24. The number of nitrogens with one attached hydrogen (secondary N) is 2. The number of rotatable bonds is 8. The molecule has 0 aliphatic heterocycles. The SMILES string of the molecule is CCC(=O)NC(CCCC(=O)O)NC(=O)CC. The molecule has 2 amide bonds. The third-order valence-corrected chi connectivity index (χ3v) is 2.20. The average molecular weight is 244 g/mol. The van der Waals surface area contributed by atoms with E-state index in [1.807, 2.05) is 0 Å². The normalized spacial score (nSPS) is 10.1. The van der Waals surface area contributed by atoms with Crippen LogP contribution in [0.1, 0.15) is 46.0 Å². The van der Waals surface area contributed by atoms with E-state index >= 15 is 0 Å². The lowest BCUT2D eigenvalue weighted by Crippen LogP contribution is -2.47. The highest BCUT2D eigenvalue weighted by Gasteiger charge is 2.13.